The zero-order valence-corrected chi connectivity index (χ0v) is 11.3. The summed E-state index contributed by atoms with van der Waals surface area (Å²) in [6.45, 7) is 2.74. The first-order valence-electron chi connectivity index (χ1n) is 4.87. The van der Waals surface area contributed by atoms with E-state index in [1.54, 1.807) is 18.1 Å². The predicted octanol–water partition coefficient (Wildman–Crippen LogP) is 2.25. The fourth-order valence-electron chi connectivity index (χ4n) is 1.55. The zero-order valence-electron chi connectivity index (χ0n) is 9.14. The van der Waals surface area contributed by atoms with Crippen molar-refractivity contribution in [3.63, 3.8) is 0 Å². The first-order valence-corrected chi connectivity index (χ1v) is 5.95. The lowest BCUT2D eigenvalue weighted by atomic mass is 10.1. The van der Waals surface area contributed by atoms with E-state index in [0.717, 1.165) is 15.1 Å². The van der Waals surface area contributed by atoms with Crippen LogP contribution in [0.3, 0.4) is 0 Å². The summed E-state index contributed by atoms with van der Waals surface area (Å²) in [4.78, 5) is 4.09. The van der Waals surface area contributed by atoms with Gasteiger partial charge in [-0.25, -0.2) is 9.67 Å². The molecule has 5 heteroatoms. The van der Waals surface area contributed by atoms with Crippen molar-refractivity contribution in [1.29, 1.82) is 0 Å². The first kappa shape index (κ1) is 11.4. The van der Waals surface area contributed by atoms with Gasteiger partial charge in [-0.3, -0.25) is 0 Å². The third kappa shape index (κ3) is 2.52. The van der Waals surface area contributed by atoms with Crippen molar-refractivity contribution in [2.24, 2.45) is 0 Å². The summed E-state index contributed by atoms with van der Waals surface area (Å²) in [5.74, 6) is 0.885. The van der Waals surface area contributed by atoms with Crippen LogP contribution in [-0.2, 0) is 6.54 Å². The van der Waals surface area contributed by atoms with Crippen LogP contribution in [0.4, 0.5) is 0 Å². The molecule has 0 spiro atoms. The highest BCUT2D eigenvalue weighted by molar-refractivity contribution is 14.1. The summed E-state index contributed by atoms with van der Waals surface area (Å²) in [5, 5.41) is 4.25. The Bertz CT molecular complexity index is 496. The zero-order chi connectivity index (χ0) is 11.5. The second kappa shape index (κ2) is 4.82. The number of benzene rings is 1. The molecule has 0 atom stereocenters. The largest absolute Gasteiger partial charge is 0.496 e. The Morgan fingerprint density at radius 1 is 1.44 bits per heavy atom. The van der Waals surface area contributed by atoms with E-state index < -0.39 is 0 Å². The van der Waals surface area contributed by atoms with E-state index in [1.165, 1.54) is 5.56 Å². The van der Waals surface area contributed by atoms with Gasteiger partial charge in [0, 0.05) is 28.2 Å². The quantitative estimate of drug-likeness (QED) is 0.811. The molecule has 2 rings (SSSR count). The van der Waals surface area contributed by atoms with Crippen molar-refractivity contribution in [2.75, 3.05) is 7.11 Å². The Hall–Kier alpha value is -1.11. The monoisotopic (exact) mass is 329 g/mol. The highest BCUT2D eigenvalue weighted by Crippen LogP contribution is 2.20. The van der Waals surface area contributed by atoms with Gasteiger partial charge in [-0.2, -0.15) is 0 Å². The van der Waals surface area contributed by atoms with Crippen LogP contribution >= 0.6 is 22.6 Å². The minimum Gasteiger partial charge on any atom is -0.496 e. The number of halogens is 1. The lowest BCUT2D eigenvalue weighted by Gasteiger charge is -2.08. The third-order valence-corrected chi connectivity index (χ3v) is 2.77. The van der Waals surface area contributed by atoms with Gasteiger partial charge in [0.2, 0.25) is 3.83 Å². The number of ether oxygens (including phenoxy) is 1. The highest BCUT2D eigenvalue weighted by Gasteiger charge is 2.05. The van der Waals surface area contributed by atoms with Crippen molar-refractivity contribution in [2.45, 2.75) is 13.5 Å². The molecule has 1 aromatic carbocycles. The molecule has 0 saturated heterocycles. The van der Waals surface area contributed by atoms with Crippen LogP contribution in [0.5, 0.6) is 5.75 Å². The van der Waals surface area contributed by atoms with Gasteiger partial charge in [0.15, 0.2) is 0 Å². The third-order valence-electron chi connectivity index (χ3n) is 2.28. The summed E-state index contributed by atoms with van der Waals surface area (Å²) >= 11 is 2.09. The van der Waals surface area contributed by atoms with Crippen LogP contribution < -0.4 is 4.74 Å². The Morgan fingerprint density at radius 2 is 2.25 bits per heavy atom. The lowest BCUT2D eigenvalue weighted by Crippen LogP contribution is -2.03. The molecule has 0 N–H and O–H groups in total. The molecular weight excluding hydrogens is 317 g/mol. The van der Waals surface area contributed by atoms with E-state index in [0.29, 0.717) is 6.54 Å². The number of methoxy groups -OCH3 is 1. The lowest BCUT2D eigenvalue weighted by molar-refractivity contribution is 0.407. The fraction of sp³-hybridized carbons (Fsp3) is 0.273. The Labute approximate surface area is 108 Å². The molecule has 1 aromatic heterocycles. The van der Waals surface area contributed by atoms with Crippen LogP contribution in [-0.4, -0.2) is 21.9 Å². The molecule has 0 aliphatic heterocycles. The topological polar surface area (TPSA) is 39.9 Å². The average molecular weight is 329 g/mol. The summed E-state index contributed by atoms with van der Waals surface area (Å²) < 4.78 is 7.87. The molecule has 0 saturated carbocycles. The Morgan fingerprint density at radius 3 is 2.88 bits per heavy atom. The molecule has 16 heavy (non-hydrogen) atoms. The number of rotatable bonds is 3. The van der Waals surface area contributed by atoms with Crippen molar-refractivity contribution in [3.8, 4) is 5.75 Å². The van der Waals surface area contributed by atoms with Crippen LogP contribution in [0, 0.1) is 10.8 Å². The highest BCUT2D eigenvalue weighted by atomic mass is 127. The predicted molar refractivity (Wildman–Crippen MR) is 69.6 cm³/mol. The van der Waals surface area contributed by atoms with Crippen LogP contribution in [0.1, 0.15) is 11.1 Å². The van der Waals surface area contributed by atoms with Crippen molar-refractivity contribution >= 4 is 22.6 Å². The van der Waals surface area contributed by atoms with Crippen LogP contribution in [0.15, 0.2) is 24.5 Å². The maximum atomic E-state index is 5.32. The molecule has 0 radical (unpaired) electrons. The second-order valence-corrected chi connectivity index (χ2v) is 4.49. The molecule has 84 valence electrons. The van der Waals surface area contributed by atoms with E-state index in [1.807, 2.05) is 12.1 Å². The van der Waals surface area contributed by atoms with Crippen molar-refractivity contribution in [3.05, 3.63) is 39.5 Å². The summed E-state index contributed by atoms with van der Waals surface area (Å²) in [5.41, 5.74) is 2.33. The number of aromatic nitrogens is 3. The van der Waals surface area contributed by atoms with Gasteiger partial charge in [0.25, 0.3) is 0 Å². The number of hydrogen-bond acceptors (Lipinski definition) is 3. The van der Waals surface area contributed by atoms with E-state index in [-0.39, 0.29) is 0 Å². The molecule has 2 aromatic rings. The van der Waals surface area contributed by atoms with Crippen LogP contribution in [0.2, 0.25) is 0 Å². The molecule has 4 nitrogen and oxygen atoms in total. The SMILES string of the molecule is COc1ccc(C)cc1Cn1cnc(I)n1. The molecule has 0 unspecified atom stereocenters. The van der Waals surface area contributed by atoms with E-state index >= 15 is 0 Å². The fourth-order valence-corrected chi connectivity index (χ4v) is 1.96. The van der Waals surface area contributed by atoms with Gasteiger partial charge in [0.05, 0.1) is 13.7 Å². The smallest absolute Gasteiger partial charge is 0.211 e. The summed E-state index contributed by atoms with van der Waals surface area (Å²) in [7, 11) is 1.68. The molecule has 0 bridgehead atoms. The standard InChI is InChI=1S/C11H12IN3O/c1-8-3-4-10(16-2)9(5-8)6-15-7-13-11(12)14-15/h3-5,7H,6H2,1-2H3. The molecule has 0 fully saturated rings. The van der Waals surface area contributed by atoms with Crippen molar-refractivity contribution in [1.82, 2.24) is 14.8 Å². The van der Waals surface area contributed by atoms with Gasteiger partial charge in [0.1, 0.15) is 12.1 Å². The van der Waals surface area contributed by atoms with Gasteiger partial charge in [-0.1, -0.05) is 17.7 Å². The maximum Gasteiger partial charge on any atom is 0.211 e. The average Bonchev–Trinajstić information content (AvgIpc) is 2.64. The van der Waals surface area contributed by atoms with E-state index in [4.69, 9.17) is 4.74 Å². The number of hydrogen-bond donors (Lipinski definition) is 0. The number of aryl methyl sites for hydroxylation is 1. The molecule has 1 heterocycles. The molecule has 0 aliphatic carbocycles. The second-order valence-electron chi connectivity index (χ2n) is 3.53. The number of nitrogens with zero attached hydrogens (tertiary/aromatic N) is 3. The van der Waals surface area contributed by atoms with Crippen molar-refractivity contribution < 1.29 is 4.74 Å². The summed E-state index contributed by atoms with van der Waals surface area (Å²) in [6.07, 6.45) is 1.73. The van der Waals surface area contributed by atoms with Gasteiger partial charge in [-0.15, -0.1) is 5.10 Å². The van der Waals surface area contributed by atoms with E-state index in [9.17, 15) is 0 Å². The maximum absolute atomic E-state index is 5.32. The Kier molecular flexibility index (Phi) is 3.42. The minimum atomic E-state index is 0.681. The molecular formula is C11H12IN3O. The molecule has 0 amide bonds. The normalized spacial score (nSPS) is 10.4. The van der Waals surface area contributed by atoms with Crippen LogP contribution in [0.25, 0.3) is 0 Å². The minimum absolute atomic E-state index is 0.681. The molecule has 0 aliphatic rings. The van der Waals surface area contributed by atoms with Gasteiger partial charge >= 0.3 is 0 Å². The summed E-state index contributed by atoms with van der Waals surface area (Å²) in [6, 6.07) is 6.12. The van der Waals surface area contributed by atoms with Gasteiger partial charge in [-0.05, 0) is 13.0 Å². The van der Waals surface area contributed by atoms with Gasteiger partial charge < -0.3 is 4.74 Å². The first-order chi connectivity index (χ1) is 7.69. The Balaban J connectivity index is 2.29. The van der Waals surface area contributed by atoms with E-state index in [2.05, 4.69) is 45.7 Å².